The van der Waals surface area contributed by atoms with Crippen LogP contribution in [-0.4, -0.2) is 52.5 Å². The van der Waals surface area contributed by atoms with E-state index in [0.717, 1.165) is 40.4 Å². The van der Waals surface area contributed by atoms with E-state index in [9.17, 15) is 40.3 Å². The number of halogens is 7. The molecule has 3 heterocycles. The fourth-order valence-corrected chi connectivity index (χ4v) is 3.58. The van der Waals surface area contributed by atoms with E-state index in [4.69, 9.17) is 0 Å². The van der Waals surface area contributed by atoms with Crippen molar-refractivity contribution in [3.8, 4) is 0 Å². The number of nitrogens with zero attached hydrogens (tertiary/aromatic N) is 4. The summed E-state index contributed by atoms with van der Waals surface area (Å²) in [4.78, 5) is 34.8. The minimum absolute atomic E-state index is 0.0129. The second-order valence-electron chi connectivity index (χ2n) is 7.65. The molecule has 0 unspecified atom stereocenters. The Bertz CT molecular complexity index is 1030. The van der Waals surface area contributed by atoms with Crippen molar-refractivity contribution < 1.29 is 40.3 Å². The summed E-state index contributed by atoms with van der Waals surface area (Å²) in [6.45, 7) is -1.16. The third kappa shape index (κ3) is 6.00. The monoisotopic (exact) mass is 492 g/mol. The maximum Gasteiger partial charge on any atom is 0.433 e. The van der Waals surface area contributed by atoms with Crippen LogP contribution in [0.3, 0.4) is 0 Å². The smallest absolute Gasteiger partial charge is 0.312 e. The van der Waals surface area contributed by atoms with Crippen molar-refractivity contribution in [1.82, 2.24) is 14.9 Å². The minimum atomic E-state index is -4.66. The number of hydrogen-bond donors (Lipinski definition) is 0. The second-order valence-corrected chi connectivity index (χ2v) is 7.65. The Labute approximate surface area is 189 Å². The lowest BCUT2D eigenvalue weighted by molar-refractivity contribution is -0.141. The summed E-state index contributed by atoms with van der Waals surface area (Å²) in [5.41, 5.74) is -2.17. The Kier molecular flexibility index (Phi) is 7.41. The molecule has 1 saturated heterocycles. The number of hydrogen-bond acceptors (Lipinski definition) is 4. The first-order valence-electron chi connectivity index (χ1n) is 10.1. The molecule has 0 bridgehead atoms. The average molecular weight is 492 g/mol. The molecule has 1 fully saturated rings. The van der Waals surface area contributed by atoms with Crippen LogP contribution in [0.15, 0.2) is 36.7 Å². The highest BCUT2D eigenvalue weighted by Crippen LogP contribution is 2.31. The third-order valence-corrected chi connectivity index (χ3v) is 5.20. The zero-order chi connectivity index (χ0) is 25.1. The topological polar surface area (TPSA) is 66.4 Å². The van der Waals surface area contributed by atoms with Gasteiger partial charge >= 0.3 is 18.4 Å². The van der Waals surface area contributed by atoms with E-state index in [1.807, 2.05) is 0 Å². The molecule has 0 saturated carbocycles. The van der Waals surface area contributed by atoms with Gasteiger partial charge in [-0.25, -0.2) is 9.78 Å². The van der Waals surface area contributed by atoms with Crippen molar-refractivity contribution in [2.45, 2.75) is 37.7 Å². The summed E-state index contributed by atoms with van der Waals surface area (Å²) < 4.78 is 89.6. The van der Waals surface area contributed by atoms with E-state index in [2.05, 4.69) is 9.97 Å². The molecule has 0 aromatic carbocycles. The van der Waals surface area contributed by atoms with Crippen LogP contribution in [0.5, 0.6) is 0 Å². The van der Waals surface area contributed by atoms with Gasteiger partial charge in [-0.2, -0.15) is 26.3 Å². The molecular weight excluding hydrogens is 473 g/mol. The Morgan fingerprint density at radius 3 is 2.38 bits per heavy atom. The van der Waals surface area contributed by atoms with E-state index in [1.165, 1.54) is 0 Å². The number of carbonyl (C=O) groups excluding carboxylic acids is 2. The van der Waals surface area contributed by atoms with E-state index in [0.29, 0.717) is 6.07 Å². The van der Waals surface area contributed by atoms with Gasteiger partial charge in [-0.05, 0) is 37.1 Å². The number of urea groups is 1. The molecule has 13 heteroatoms. The van der Waals surface area contributed by atoms with Crippen LogP contribution < -0.4 is 4.90 Å². The number of carbonyl (C=O) groups is 2. The van der Waals surface area contributed by atoms with Crippen molar-refractivity contribution in [2.24, 2.45) is 0 Å². The fraction of sp³-hybridized carbons (Fsp3) is 0.429. The highest BCUT2D eigenvalue weighted by atomic mass is 19.4. The lowest BCUT2D eigenvalue weighted by atomic mass is 10.1. The summed E-state index contributed by atoms with van der Waals surface area (Å²) in [7, 11) is 0. The van der Waals surface area contributed by atoms with Gasteiger partial charge in [0.05, 0.1) is 43.1 Å². The maximum absolute atomic E-state index is 12.9. The number of rotatable bonds is 8. The SMILES string of the molecule is O=C(Cc1cc(C(F)(F)F)ccn1)CN1C(=O)N(c2ccc(C(F)(F)F)nc2)C[C@@H]1CCCF. The fourth-order valence-electron chi connectivity index (χ4n) is 3.58. The Morgan fingerprint density at radius 2 is 1.79 bits per heavy atom. The Morgan fingerprint density at radius 1 is 1.06 bits per heavy atom. The zero-order valence-electron chi connectivity index (χ0n) is 17.5. The van der Waals surface area contributed by atoms with Crippen LogP contribution >= 0.6 is 0 Å². The molecule has 2 amide bonds. The Hall–Kier alpha value is -3.25. The molecule has 3 rings (SSSR count). The largest absolute Gasteiger partial charge is 0.433 e. The molecule has 2 aromatic rings. The second kappa shape index (κ2) is 9.94. The van der Waals surface area contributed by atoms with Gasteiger partial charge in [-0.1, -0.05) is 0 Å². The maximum atomic E-state index is 12.9. The summed E-state index contributed by atoms with van der Waals surface area (Å²) in [6, 6.07) is 1.97. The van der Waals surface area contributed by atoms with Crippen molar-refractivity contribution in [2.75, 3.05) is 24.7 Å². The van der Waals surface area contributed by atoms with Gasteiger partial charge < -0.3 is 4.90 Å². The van der Waals surface area contributed by atoms with E-state index >= 15 is 0 Å². The molecule has 6 nitrogen and oxygen atoms in total. The van der Waals surface area contributed by atoms with Crippen LogP contribution in [-0.2, 0) is 23.6 Å². The summed E-state index contributed by atoms with van der Waals surface area (Å²) in [5, 5.41) is 0. The van der Waals surface area contributed by atoms with Crippen LogP contribution in [0.1, 0.15) is 29.8 Å². The zero-order valence-corrected chi connectivity index (χ0v) is 17.5. The molecule has 184 valence electrons. The minimum Gasteiger partial charge on any atom is -0.312 e. The lowest BCUT2D eigenvalue weighted by Gasteiger charge is -2.22. The van der Waals surface area contributed by atoms with Gasteiger partial charge in [0.1, 0.15) is 5.69 Å². The number of amides is 2. The molecule has 1 atom stereocenters. The molecule has 1 aliphatic heterocycles. The number of anilines is 1. The van der Waals surface area contributed by atoms with Crippen LogP contribution in [0, 0.1) is 0 Å². The van der Waals surface area contributed by atoms with Crippen LogP contribution in [0.25, 0.3) is 0 Å². The standard InChI is InChI=1S/C21H19F7N4O2/c22-6-1-2-16-11-31(15-3-4-18(30-10-15)21(26,27)28)19(34)32(16)12-17(33)9-14-8-13(5-7-29-14)20(23,24)25/h3-5,7-8,10,16H,1-2,6,9,11-12H2/t16-/m0/s1. The van der Waals surface area contributed by atoms with Crippen molar-refractivity contribution in [3.05, 3.63) is 53.6 Å². The number of ketones is 1. The molecule has 0 radical (unpaired) electrons. The van der Waals surface area contributed by atoms with Gasteiger partial charge in [-0.15, -0.1) is 0 Å². The predicted octanol–water partition coefficient (Wildman–Crippen LogP) is 4.69. The number of aromatic nitrogens is 2. The first kappa shape index (κ1) is 25.4. The highest BCUT2D eigenvalue weighted by Gasteiger charge is 2.39. The predicted molar refractivity (Wildman–Crippen MR) is 106 cm³/mol. The van der Waals surface area contributed by atoms with Gasteiger partial charge in [-0.3, -0.25) is 19.1 Å². The molecule has 1 aliphatic rings. The van der Waals surface area contributed by atoms with Gasteiger partial charge in [0, 0.05) is 18.4 Å². The first-order chi connectivity index (χ1) is 15.9. The summed E-state index contributed by atoms with van der Waals surface area (Å²) in [5.74, 6) is -0.599. The first-order valence-corrected chi connectivity index (χ1v) is 10.1. The van der Waals surface area contributed by atoms with Crippen molar-refractivity contribution >= 4 is 17.5 Å². The van der Waals surface area contributed by atoms with Crippen LogP contribution in [0.4, 0.5) is 41.2 Å². The van der Waals surface area contributed by atoms with E-state index in [1.54, 1.807) is 0 Å². The van der Waals surface area contributed by atoms with Crippen molar-refractivity contribution in [3.63, 3.8) is 0 Å². The molecule has 0 spiro atoms. The Balaban J connectivity index is 1.75. The molecule has 34 heavy (non-hydrogen) atoms. The van der Waals surface area contributed by atoms with E-state index < -0.39 is 61.1 Å². The van der Waals surface area contributed by atoms with Gasteiger partial charge in [0.25, 0.3) is 0 Å². The lowest BCUT2D eigenvalue weighted by Crippen LogP contribution is -2.39. The number of alkyl halides is 7. The van der Waals surface area contributed by atoms with Crippen LogP contribution in [0.2, 0.25) is 0 Å². The molecule has 2 aromatic heterocycles. The molecule has 0 aliphatic carbocycles. The van der Waals surface area contributed by atoms with Gasteiger partial charge in [0.15, 0.2) is 5.78 Å². The average Bonchev–Trinajstić information content (AvgIpc) is 3.06. The van der Waals surface area contributed by atoms with Gasteiger partial charge in [0.2, 0.25) is 0 Å². The third-order valence-electron chi connectivity index (χ3n) is 5.20. The van der Waals surface area contributed by atoms with Crippen molar-refractivity contribution in [1.29, 1.82) is 0 Å². The normalized spacial score (nSPS) is 16.9. The molecular formula is C21H19F7N4O2. The highest BCUT2D eigenvalue weighted by molar-refractivity contribution is 5.97. The number of pyridine rings is 2. The summed E-state index contributed by atoms with van der Waals surface area (Å²) >= 11 is 0. The number of Topliss-reactive ketones (excluding diaryl/α,β-unsaturated/α-hetero) is 1. The van der Waals surface area contributed by atoms with E-state index in [-0.39, 0.29) is 30.8 Å². The quantitative estimate of drug-likeness (QED) is 0.502. The summed E-state index contributed by atoms with van der Waals surface area (Å²) in [6.07, 6.45) is -7.67. The molecule has 0 N–H and O–H groups in total.